The van der Waals surface area contributed by atoms with Crippen molar-refractivity contribution < 1.29 is 4.74 Å². The van der Waals surface area contributed by atoms with Crippen LogP contribution in [0.3, 0.4) is 0 Å². The fraction of sp³-hybridized carbons (Fsp3) is 0.200. The molecule has 1 unspecified atom stereocenters. The molecule has 2 aromatic rings. The zero-order valence-corrected chi connectivity index (χ0v) is 12.8. The Morgan fingerprint density at radius 3 is 2.60 bits per heavy atom. The molecule has 20 heavy (non-hydrogen) atoms. The van der Waals surface area contributed by atoms with Gasteiger partial charge in [-0.05, 0) is 42.0 Å². The highest BCUT2D eigenvalue weighted by molar-refractivity contribution is 6.36. The highest BCUT2D eigenvalue weighted by atomic mass is 35.5. The molecule has 1 atom stereocenters. The van der Waals surface area contributed by atoms with E-state index < -0.39 is 0 Å². The molecule has 104 valence electrons. The first kappa shape index (κ1) is 13.9. The summed E-state index contributed by atoms with van der Waals surface area (Å²) < 4.78 is 5.86. The van der Waals surface area contributed by atoms with E-state index in [1.54, 1.807) is 12.1 Å². The summed E-state index contributed by atoms with van der Waals surface area (Å²) in [6.45, 7) is 0.674. The molecule has 0 spiro atoms. The number of benzene rings is 2. The first-order chi connectivity index (χ1) is 9.61. The van der Waals surface area contributed by atoms with E-state index >= 15 is 0 Å². The maximum absolute atomic E-state index is 6.12. The van der Waals surface area contributed by atoms with E-state index in [0.717, 1.165) is 28.4 Å². The number of anilines is 1. The maximum Gasteiger partial charge on any atom is 0.123 e. The van der Waals surface area contributed by atoms with Crippen LogP contribution in [0.25, 0.3) is 0 Å². The van der Waals surface area contributed by atoms with Crippen LogP contribution in [-0.2, 0) is 6.42 Å². The van der Waals surface area contributed by atoms with Gasteiger partial charge in [0.1, 0.15) is 11.9 Å². The fourth-order valence-corrected chi connectivity index (χ4v) is 2.93. The van der Waals surface area contributed by atoms with Crippen LogP contribution >= 0.6 is 34.8 Å². The van der Waals surface area contributed by atoms with Crippen molar-refractivity contribution in [2.45, 2.75) is 12.5 Å². The number of hydrogen-bond donors (Lipinski definition) is 1. The number of halogens is 3. The molecule has 1 N–H and O–H groups in total. The molecule has 2 nitrogen and oxygen atoms in total. The second-order valence-corrected chi connectivity index (χ2v) is 5.98. The Hall–Kier alpha value is -1.09. The van der Waals surface area contributed by atoms with Gasteiger partial charge in [-0.1, -0.05) is 34.8 Å². The van der Waals surface area contributed by atoms with Crippen LogP contribution in [0.15, 0.2) is 36.4 Å². The third-order valence-corrected chi connectivity index (χ3v) is 4.00. The monoisotopic (exact) mass is 327 g/mol. The van der Waals surface area contributed by atoms with E-state index in [2.05, 4.69) is 5.32 Å². The number of fused-ring (bicyclic) bond motifs is 1. The summed E-state index contributed by atoms with van der Waals surface area (Å²) in [6, 6.07) is 11.1. The van der Waals surface area contributed by atoms with Crippen LogP contribution in [0.2, 0.25) is 15.1 Å². The quantitative estimate of drug-likeness (QED) is 0.850. The van der Waals surface area contributed by atoms with Crippen LogP contribution < -0.4 is 10.1 Å². The Bertz CT molecular complexity index is 645. The lowest BCUT2D eigenvalue weighted by atomic mass is 10.1. The van der Waals surface area contributed by atoms with Gasteiger partial charge in [0.2, 0.25) is 0 Å². The molecule has 0 aliphatic carbocycles. The van der Waals surface area contributed by atoms with Crippen LogP contribution in [0.5, 0.6) is 5.75 Å². The molecule has 5 heteroatoms. The molecular formula is C15H12Cl3NO. The molecule has 1 heterocycles. The number of rotatable bonds is 3. The lowest BCUT2D eigenvalue weighted by molar-refractivity contribution is 0.246. The minimum Gasteiger partial charge on any atom is -0.488 e. The lowest BCUT2D eigenvalue weighted by Crippen LogP contribution is -2.24. The van der Waals surface area contributed by atoms with Crippen LogP contribution in [0, 0.1) is 0 Å². The Kier molecular flexibility index (Phi) is 3.97. The molecule has 0 aromatic heterocycles. The SMILES string of the molecule is Clc1ccc(NCC2Cc3cc(Cl)ccc3O2)c(Cl)c1. The first-order valence-electron chi connectivity index (χ1n) is 6.26. The van der Waals surface area contributed by atoms with Gasteiger partial charge in [0.25, 0.3) is 0 Å². The van der Waals surface area contributed by atoms with Gasteiger partial charge in [-0.15, -0.1) is 0 Å². The van der Waals surface area contributed by atoms with E-state index in [0.29, 0.717) is 16.6 Å². The van der Waals surface area contributed by atoms with Crippen LogP contribution in [-0.4, -0.2) is 12.6 Å². The molecular weight excluding hydrogens is 317 g/mol. The molecule has 3 rings (SSSR count). The summed E-state index contributed by atoms with van der Waals surface area (Å²) in [5, 5.41) is 5.25. The predicted molar refractivity (Wildman–Crippen MR) is 84.5 cm³/mol. The van der Waals surface area contributed by atoms with Gasteiger partial charge in [0, 0.05) is 16.5 Å². The largest absolute Gasteiger partial charge is 0.488 e. The summed E-state index contributed by atoms with van der Waals surface area (Å²) in [7, 11) is 0. The molecule has 0 radical (unpaired) electrons. The highest BCUT2D eigenvalue weighted by Crippen LogP contribution is 2.32. The lowest BCUT2D eigenvalue weighted by Gasteiger charge is -2.14. The zero-order chi connectivity index (χ0) is 14.1. The van der Waals surface area contributed by atoms with Gasteiger partial charge >= 0.3 is 0 Å². The van der Waals surface area contributed by atoms with Gasteiger partial charge in [-0.25, -0.2) is 0 Å². The van der Waals surface area contributed by atoms with Gasteiger partial charge < -0.3 is 10.1 Å². The minimum atomic E-state index is 0.0789. The van der Waals surface area contributed by atoms with E-state index in [1.165, 1.54) is 0 Å². The van der Waals surface area contributed by atoms with E-state index in [-0.39, 0.29) is 6.10 Å². The summed E-state index contributed by atoms with van der Waals surface area (Å²) >= 11 is 18.0. The van der Waals surface area contributed by atoms with Crippen molar-refractivity contribution in [1.82, 2.24) is 0 Å². The smallest absolute Gasteiger partial charge is 0.123 e. The number of ether oxygens (including phenoxy) is 1. The van der Waals surface area contributed by atoms with Gasteiger partial charge in [-0.3, -0.25) is 0 Å². The Morgan fingerprint density at radius 2 is 1.80 bits per heavy atom. The standard InChI is InChI=1S/C15H12Cl3NO/c16-10-2-4-15-9(5-10)6-12(20-15)8-19-14-3-1-11(17)7-13(14)18/h1-5,7,12,19H,6,8H2. The Labute approximate surface area is 132 Å². The molecule has 1 aliphatic rings. The Morgan fingerprint density at radius 1 is 1.05 bits per heavy atom. The van der Waals surface area contributed by atoms with Crippen molar-refractivity contribution in [3.63, 3.8) is 0 Å². The van der Waals surface area contributed by atoms with Crippen molar-refractivity contribution in [2.24, 2.45) is 0 Å². The second kappa shape index (κ2) is 5.72. The fourth-order valence-electron chi connectivity index (χ4n) is 2.26. The van der Waals surface area contributed by atoms with Crippen LogP contribution in [0.1, 0.15) is 5.56 Å². The molecule has 0 amide bonds. The Balaban J connectivity index is 1.63. The average Bonchev–Trinajstić information content (AvgIpc) is 2.79. The number of nitrogens with one attached hydrogen (secondary N) is 1. The average molecular weight is 329 g/mol. The van der Waals surface area contributed by atoms with Gasteiger partial charge in [0.05, 0.1) is 17.3 Å². The minimum absolute atomic E-state index is 0.0789. The summed E-state index contributed by atoms with van der Waals surface area (Å²) in [6.07, 6.45) is 0.920. The molecule has 2 aromatic carbocycles. The zero-order valence-electron chi connectivity index (χ0n) is 10.5. The normalized spacial score (nSPS) is 16.6. The van der Waals surface area contributed by atoms with Gasteiger partial charge in [0.15, 0.2) is 0 Å². The second-order valence-electron chi connectivity index (χ2n) is 4.70. The van der Waals surface area contributed by atoms with Crippen molar-refractivity contribution in [3.05, 3.63) is 57.0 Å². The molecule has 1 aliphatic heterocycles. The summed E-state index contributed by atoms with van der Waals surface area (Å²) in [5.74, 6) is 0.906. The van der Waals surface area contributed by atoms with Crippen LogP contribution in [0.4, 0.5) is 5.69 Å². The van der Waals surface area contributed by atoms with Crippen molar-refractivity contribution in [3.8, 4) is 5.75 Å². The highest BCUT2D eigenvalue weighted by Gasteiger charge is 2.22. The van der Waals surface area contributed by atoms with E-state index in [9.17, 15) is 0 Å². The maximum atomic E-state index is 6.12. The molecule has 0 saturated carbocycles. The molecule has 0 bridgehead atoms. The third kappa shape index (κ3) is 2.98. The molecule has 0 fully saturated rings. The molecule has 0 saturated heterocycles. The van der Waals surface area contributed by atoms with Crippen molar-refractivity contribution in [1.29, 1.82) is 0 Å². The van der Waals surface area contributed by atoms with E-state index in [1.807, 2.05) is 24.3 Å². The first-order valence-corrected chi connectivity index (χ1v) is 7.39. The van der Waals surface area contributed by atoms with Crippen molar-refractivity contribution >= 4 is 40.5 Å². The van der Waals surface area contributed by atoms with Gasteiger partial charge in [-0.2, -0.15) is 0 Å². The summed E-state index contributed by atoms with van der Waals surface area (Å²) in [4.78, 5) is 0. The predicted octanol–water partition coefficient (Wildman–Crippen LogP) is 5.06. The third-order valence-electron chi connectivity index (χ3n) is 3.22. The van der Waals surface area contributed by atoms with Crippen molar-refractivity contribution in [2.75, 3.05) is 11.9 Å². The summed E-state index contributed by atoms with van der Waals surface area (Å²) in [5.41, 5.74) is 2.00. The van der Waals surface area contributed by atoms with E-state index in [4.69, 9.17) is 39.5 Å². The topological polar surface area (TPSA) is 21.3 Å². The number of hydrogen-bond acceptors (Lipinski definition) is 2.